The number of carbonyl (C=O) groups excluding carboxylic acids is 2. The zero-order chi connectivity index (χ0) is 21.1. The Hall–Kier alpha value is -2.75. The molecule has 6 heteroatoms. The van der Waals surface area contributed by atoms with E-state index in [0.29, 0.717) is 16.8 Å². The number of H-pyrrole nitrogens is 1. The lowest BCUT2D eigenvalue weighted by Crippen LogP contribution is -2.51. The largest absolute Gasteiger partial charge is 0.355 e. The van der Waals surface area contributed by atoms with Gasteiger partial charge in [-0.3, -0.25) is 19.4 Å². The number of carbonyl (C=O) groups is 2. The SMILES string of the molecule is CC(=O)c1c(C)[nH]c(C(=O)C(C)N2CCN(Cc3ccc(C#N)cc3)CC2)c1C. The van der Waals surface area contributed by atoms with Crippen molar-refractivity contribution in [3.8, 4) is 6.07 Å². The number of aryl methyl sites for hydroxylation is 1. The number of aromatic amines is 1. The van der Waals surface area contributed by atoms with Crippen molar-refractivity contribution < 1.29 is 9.59 Å². The molecule has 2 heterocycles. The Morgan fingerprint density at radius 3 is 2.28 bits per heavy atom. The molecule has 1 aromatic carbocycles. The van der Waals surface area contributed by atoms with Gasteiger partial charge in [-0.15, -0.1) is 0 Å². The molecule has 1 N–H and O–H groups in total. The van der Waals surface area contributed by atoms with Crippen LogP contribution in [-0.4, -0.2) is 58.6 Å². The first-order chi connectivity index (χ1) is 13.8. The Balaban J connectivity index is 1.60. The monoisotopic (exact) mass is 392 g/mol. The zero-order valence-electron chi connectivity index (χ0n) is 17.6. The van der Waals surface area contributed by atoms with Crippen molar-refractivity contribution in [2.24, 2.45) is 0 Å². The molecule has 0 aliphatic carbocycles. The van der Waals surface area contributed by atoms with Gasteiger partial charge in [-0.1, -0.05) is 12.1 Å². The minimum atomic E-state index is -0.233. The summed E-state index contributed by atoms with van der Waals surface area (Å²) in [5, 5.41) is 8.91. The number of hydrogen-bond acceptors (Lipinski definition) is 5. The van der Waals surface area contributed by atoms with Crippen LogP contribution in [0.2, 0.25) is 0 Å². The highest BCUT2D eigenvalue weighted by atomic mass is 16.1. The minimum Gasteiger partial charge on any atom is -0.355 e. The number of nitrogens with zero attached hydrogens (tertiary/aromatic N) is 3. The van der Waals surface area contributed by atoms with Crippen LogP contribution in [0.1, 0.15) is 57.1 Å². The fourth-order valence-corrected chi connectivity index (χ4v) is 4.15. The number of hydrogen-bond donors (Lipinski definition) is 1. The van der Waals surface area contributed by atoms with Crippen molar-refractivity contribution in [3.63, 3.8) is 0 Å². The quantitative estimate of drug-likeness (QED) is 0.764. The number of aromatic nitrogens is 1. The summed E-state index contributed by atoms with van der Waals surface area (Å²) in [5.41, 5.74) is 4.57. The second-order valence-electron chi connectivity index (χ2n) is 7.84. The van der Waals surface area contributed by atoms with Crippen LogP contribution >= 0.6 is 0 Å². The second-order valence-corrected chi connectivity index (χ2v) is 7.84. The van der Waals surface area contributed by atoms with Gasteiger partial charge in [0.2, 0.25) is 0 Å². The highest BCUT2D eigenvalue weighted by Crippen LogP contribution is 2.21. The van der Waals surface area contributed by atoms with E-state index >= 15 is 0 Å². The van der Waals surface area contributed by atoms with E-state index in [9.17, 15) is 9.59 Å². The Bertz CT molecular complexity index is 944. The molecule has 6 nitrogen and oxygen atoms in total. The molecule has 1 unspecified atom stereocenters. The van der Waals surface area contributed by atoms with Gasteiger partial charge in [0.25, 0.3) is 0 Å². The van der Waals surface area contributed by atoms with Gasteiger partial charge >= 0.3 is 0 Å². The summed E-state index contributed by atoms with van der Waals surface area (Å²) in [4.78, 5) is 32.6. The number of nitrogens with one attached hydrogen (secondary N) is 1. The lowest BCUT2D eigenvalue weighted by atomic mass is 10.0. The van der Waals surface area contributed by atoms with E-state index in [1.807, 2.05) is 45.0 Å². The van der Waals surface area contributed by atoms with Crippen LogP contribution in [0, 0.1) is 25.2 Å². The maximum atomic E-state index is 13.1. The highest BCUT2D eigenvalue weighted by Gasteiger charge is 2.29. The van der Waals surface area contributed by atoms with Crippen LogP contribution in [0.3, 0.4) is 0 Å². The number of piperazine rings is 1. The molecule has 1 atom stereocenters. The highest BCUT2D eigenvalue weighted by molar-refractivity contribution is 6.05. The Kier molecular flexibility index (Phi) is 6.31. The molecule has 0 bridgehead atoms. The van der Waals surface area contributed by atoms with Crippen LogP contribution in [0.4, 0.5) is 0 Å². The van der Waals surface area contributed by atoms with Gasteiger partial charge in [0, 0.05) is 44.0 Å². The average molecular weight is 393 g/mol. The summed E-state index contributed by atoms with van der Waals surface area (Å²) < 4.78 is 0. The number of rotatable bonds is 6. The van der Waals surface area contributed by atoms with Gasteiger partial charge in [-0.25, -0.2) is 0 Å². The Morgan fingerprint density at radius 2 is 1.76 bits per heavy atom. The molecule has 1 aromatic heterocycles. The predicted octanol–water partition coefficient (Wildman–Crippen LogP) is 3.09. The van der Waals surface area contributed by atoms with Crippen LogP contribution in [0.25, 0.3) is 0 Å². The van der Waals surface area contributed by atoms with Crippen LogP contribution in [0.5, 0.6) is 0 Å². The summed E-state index contributed by atoms with van der Waals surface area (Å²) in [7, 11) is 0. The van der Waals surface area contributed by atoms with Crippen molar-refractivity contribution >= 4 is 11.6 Å². The maximum absolute atomic E-state index is 13.1. The smallest absolute Gasteiger partial charge is 0.196 e. The summed E-state index contributed by atoms with van der Waals surface area (Å²) in [6.45, 7) is 11.4. The number of nitriles is 1. The fraction of sp³-hybridized carbons (Fsp3) is 0.435. The first-order valence-corrected chi connectivity index (χ1v) is 10.0. The molecule has 0 saturated carbocycles. The number of Topliss-reactive ketones (excluding diaryl/α,β-unsaturated/α-hetero) is 2. The predicted molar refractivity (Wildman–Crippen MR) is 112 cm³/mol. The van der Waals surface area contributed by atoms with Gasteiger partial charge in [-0.2, -0.15) is 5.26 Å². The third-order valence-electron chi connectivity index (χ3n) is 5.86. The first-order valence-electron chi connectivity index (χ1n) is 10.0. The zero-order valence-corrected chi connectivity index (χ0v) is 17.6. The molecule has 0 amide bonds. The van der Waals surface area contributed by atoms with Crippen molar-refractivity contribution in [1.82, 2.24) is 14.8 Å². The van der Waals surface area contributed by atoms with Gasteiger partial charge in [0.05, 0.1) is 23.4 Å². The Labute approximate surface area is 172 Å². The van der Waals surface area contributed by atoms with Crippen molar-refractivity contribution in [2.75, 3.05) is 26.2 Å². The van der Waals surface area contributed by atoms with Crippen LogP contribution in [-0.2, 0) is 6.54 Å². The van der Waals surface area contributed by atoms with Crippen LogP contribution in [0.15, 0.2) is 24.3 Å². The lowest BCUT2D eigenvalue weighted by Gasteiger charge is -2.37. The summed E-state index contributed by atoms with van der Waals surface area (Å²) >= 11 is 0. The molecule has 1 aliphatic rings. The van der Waals surface area contributed by atoms with E-state index in [-0.39, 0.29) is 17.6 Å². The van der Waals surface area contributed by atoms with Crippen molar-refractivity contribution in [2.45, 2.75) is 40.3 Å². The number of benzene rings is 1. The van der Waals surface area contributed by atoms with Crippen LogP contribution < -0.4 is 0 Å². The molecule has 1 aliphatic heterocycles. The molecule has 0 spiro atoms. The molecule has 1 fully saturated rings. The van der Waals surface area contributed by atoms with Crippen molar-refractivity contribution in [3.05, 3.63) is 57.9 Å². The average Bonchev–Trinajstić information content (AvgIpc) is 3.02. The van der Waals surface area contributed by atoms with Gasteiger partial charge in [-0.05, 0) is 51.0 Å². The van der Waals surface area contributed by atoms with E-state index in [0.717, 1.165) is 44.0 Å². The molecular weight excluding hydrogens is 364 g/mol. The van der Waals surface area contributed by atoms with Gasteiger partial charge in [0.1, 0.15) is 0 Å². The minimum absolute atomic E-state index is 0.0145. The van der Waals surface area contributed by atoms with E-state index in [2.05, 4.69) is 20.9 Å². The second kappa shape index (κ2) is 8.73. The van der Waals surface area contributed by atoms with E-state index in [1.165, 1.54) is 12.5 Å². The molecule has 2 aromatic rings. The molecule has 0 radical (unpaired) electrons. The molecule has 152 valence electrons. The normalized spacial score (nSPS) is 16.4. The Morgan fingerprint density at radius 1 is 1.14 bits per heavy atom. The number of ketones is 2. The van der Waals surface area contributed by atoms with Gasteiger partial charge in [0.15, 0.2) is 11.6 Å². The molecule has 1 saturated heterocycles. The lowest BCUT2D eigenvalue weighted by molar-refractivity contribution is 0.0683. The summed E-state index contributed by atoms with van der Waals surface area (Å²) in [6.07, 6.45) is 0. The van der Waals surface area contributed by atoms with E-state index < -0.39 is 0 Å². The maximum Gasteiger partial charge on any atom is 0.196 e. The molecule has 29 heavy (non-hydrogen) atoms. The molecular formula is C23H28N4O2. The third kappa shape index (κ3) is 4.47. The van der Waals surface area contributed by atoms with Crippen molar-refractivity contribution in [1.29, 1.82) is 5.26 Å². The summed E-state index contributed by atoms with van der Waals surface area (Å²) in [5.74, 6) is 0.0259. The molecule has 3 rings (SSSR count). The standard InChI is InChI=1S/C23H28N4O2/c1-15-21(18(4)28)16(2)25-22(15)23(29)17(3)27-11-9-26(10-12-27)14-20-7-5-19(13-24)6-8-20/h5-8,17,25H,9-12,14H2,1-4H3. The van der Waals surface area contributed by atoms with E-state index in [4.69, 9.17) is 5.26 Å². The summed E-state index contributed by atoms with van der Waals surface area (Å²) in [6, 6.07) is 9.61. The topological polar surface area (TPSA) is 80.2 Å². The van der Waals surface area contributed by atoms with Gasteiger partial charge < -0.3 is 4.98 Å². The third-order valence-corrected chi connectivity index (χ3v) is 5.86. The fourth-order valence-electron chi connectivity index (χ4n) is 4.15. The first kappa shape index (κ1) is 21.0. The van der Waals surface area contributed by atoms with E-state index in [1.54, 1.807) is 0 Å².